The Labute approximate surface area is 197 Å². The Balaban J connectivity index is 3.84. The predicted molar refractivity (Wildman–Crippen MR) is 147 cm³/mol. The molecule has 0 heterocycles. The van der Waals surface area contributed by atoms with Crippen molar-refractivity contribution in [2.75, 3.05) is 24.6 Å². The minimum atomic E-state index is -1.93. The minimum absolute atomic E-state index is 1.26. The van der Waals surface area contributed by atoms with E-state index in [-0.39, 0.29) is 0 Å². The zero-order chi connectivity index (χ0) is 22.4. The van der Waals surface area contributed by atoms with Crippen LogP contribution in [0.25, 0.3) is 0 Å². The Morgan fingerprint density at radius 1 is 0.367 bits per heavy atom. The van der Waals surface area contributed by atoms with Gasteiger partial charge in [0.1, 0.15) is 0 Å². The van der Waals surface area contributed by atoms with Crippen molar-refractivity contribution in [1.29, 1.82) is 0 Å². The fourth-order valence-electron chi connectivity index (χ4n) is 4.96. The molecular formula is C28H60ClP. The van der Waals surface area contributed by atoms with E-state index in [2.05, 4.69) is 27.7 Å². The second kappa shape index (κ2) is 20.3. The van der Waals surface area contributed by atoms with Gasteiger partial charge < -0.3 is 0 Å². The van der Waals surface area contributed by atoms with Gasteiger partial charge in [0, 0.05) is 0 Å². The van der Waals surface area contributed by atoms with Crippen LogP contribution in [-0.2, 0) is 0 Å². The van der Waals surface area contributed by atoms with Crippen molar-refractivity contribution in [3.63, 3.8) is 0 Å². The van der Waals surface area contributed by atoms with Gasteiger partial charge in [-0.1, -0.05) is 0 Å². The fourth-order valence-corrected chi connectivity index (χ4v) is 9.64. The van der Waals surface area contributed by atoms with Gasteiger partial charge in [-0.05, 0) is 0 Å². The summed E-state index contributed by atoms with van der Waals surface area (Å²) in [5.74, 6) is -1.93. The normalized spacial score (nSPS) is 13.4. The molecule has 0 N–H and O–H groups in total. The van der Waals surface area contributed by atoms with Crippen LogP contribution in [0.1, 0.15) is 156 Å². The quantitative estimate of drug-likeness (QED) is 0.0987. The molecule has 0 bridgehead atoms. The summed E-state index contributed by atoms with van der Waals surface area (Å²) in [4.78, 5) is 0. The standard InChI is InChI=1S/C28H60ClP/c1-5-9-11-13-15-17-19-21-23-25-27-30(29,7-3,8-4)28-26-24-22-20-18-16-14-12-10-6-2/h5-28H2,1-4H3. The second-order valence-corrected chi connectivity index (χ2v) is 18.9. The van der Waals surface area contributed by atoms with Crippen LogP contribution in [0.2, 0.25) is 0 Å². The van der Waals surface area contributed by atoms with Gasteiger partial charge >= 0.3 is 198 Å². The van der Waals surface area contributed by atoms with Crippen molar-refractivity contribution in [1.82, 2.24) is 0 Å². The first kappa shape index (κ1) is 30.7. The van der Waals surface area contributed by atoms with Crippen molar-refractivity contribution in [3.05, 3.63) is 0 Å². The molecule has 0 spiro atoms. The zero-order valence-electron chi connectivity index (χ0n) is 21.8. The van der Waals surface area contributed by atoms with E-state index in [0.29, 0.717) is 0 Å². The SMILES string of the molecule is CCCCCCCCCCCCP(Cl)(CC)(CC)CCCCCCCCCCCC. The van der Waals surface area contributed by atoms with Crippen LogP contribution in [0.4, 0.5) is 0 Å². The van der Waals surface area contributed by atoms with Crippen molar-refractivity contribution < 1.29 is 0 Å². The van der Waals surface area contributed by atoms with E-state index in [1.54, 1.807) is 0 Å². The third-order valence-electron chi connectivity index (χ3n) is 7.72. The van der Waals surface area contributed by atoms with Gasteiger partial charge in [0.05, 0.1) is 0 Å². The number of hydrogen-bond donors (Lipinski definition) is 0. The van der Waals surface area contributed by atoms with Gasteiger partial charge in [0.2, 0.25) is 0 Å². The maximum absolute atomic E-state index is 7.52. The molecule has 0 aliphatic rings. The molecule has 0 fully saturated rings. The molecule has 0 saturated carbocycles. The molecule has 0 aromatic heterocycles. The van der Waals surface area contributed by atoms with Crippen LogP contribution >= 0.6 is 17.2 Å². The van der Waals surface area contributed by atoms with Crippen LogP contribution in [0.3, 0.4) is 0 Å². The van der Waals surface area contributed by atoms with Crippen molar-refractivity contribution in [2.24, 2.45) is 0 Å². The molecule has 184 valence electrons. The summed E-state index contributed by atoms with van der Waals surface area (Å²) in [6.45, 7) is 9.38. The monoisotopic (exact) mass is 462 g/mol. The Hall–Kier alpha value is 0.720. The number of hydrogen-bond acceptors (Lipinski definition) is 0. The van der Waals surface area contributed by atoms with Crippen LogP contribution in [0.5, 0.6) is 0 Å². The van der Waals surface area contributed by atoms with E-state index in [4.69, 9.17) is 11.2 Å². The van der Waals surface area contributed by atoms with Crippen LogP contribution < -0.4 is 0 Å². The molecule has 0 atom stereocenters. The molecule has 0 aliphatic heterocycles. The second-order valence-electron chi connectivity index (χ2n) is 10.3. The van der Waals surface area contributed by atoms with Crippen LogP contribution in [0, 0.1) is 0 Å². The zero-order valence-corrected chi connectivity index (χ0v) is 23.4. The Bertz CT molecular complexity index is 323. The molecule has 0 saturated heterocycles. The van der Waals surface area contributed by atoms with Gasteiger partial charge in [0.15, 0.2) is 0 Å². The molecule has 0 aliphatic carbocycles. The summed E-state index contributed by atoms with van der Waals surface area (Å²) in [6.07, 6.45) is 33.8. The van der Waals surface area contributed by atoms with E-state index >= 15 is 0 Å². The summed E-state index contributed by atoms with van der Waals surface area (Å²) >= 11 is 7.52. The first-order valence-electron chi connectivity index (χ1n) is 14.3. The van der Waals surface area contributed by atoms with E-state index in [0.717, 1.165) is 0 Å². The molecule has 0 radical (unpaired) electrons. The molecule has 0 amide bonds. The van der Waals surface area contributed by atoms with Crippen molar-refractivity contribution in [3.8, 4) is 0 Å². The van der Waals surface area contributed by atoms with Gasteiger partial charge in [-0.15, -0.1) is 0 Å². The average Bonchev–Trinajstić information content (AvgIpc) is 2.76. The predicted octanol–water partition coefficient (Wildman–Crippen LogP) is 11.6. The van der Waals surface area contributed by atoms with Gasteiger partial charge in [-0.2, -0.15) is 0 Å². The summed E-state index contributed by atoms with van der Waals surface area (Å²) < 4.78 is 0. The Morgan fingerprint density at radius 3 is 0.833 bits per heavy atom. The molecule has 0 nitrogen and oxygen atoms in total. The Morgan fingerprint density at radius 2 is 0.600 bits per heavy atom. The fraction of sp³-hybridized carbons (Fsp3) is 1.00. The topological polar surface area (TPSA) is 0 Å². The summed E-state index contributed by atoms with van der Waals surface area (Å²) in [5, 5.41) is 0. The van der Waals surface area contributed by atoms with E-state index in [1.165, 1.54) is 153 Å². The third-order valence-corrected chi connectivity index (χ3v) is 16.2. The molecule has 0 aromatic rings. The van der Waals surface area contributed by atoms with Crippen molar-refractivity contribution in [2.45, 2.75) is 156 Å². The molecule has 30 heavy (non-hydrogen) atoms. The summed E-state index contributed by atoms with van der Waals surface area (Å²) in [7, 11) is 0. The Kier molecular flexibility index (Phi) is 20.8. The van der Waals surface area contributed by atoms with Crippen molar-refractivity contribution >= 4 is 17.2 Å². The molecule has 0 aromatic carbocycles. The molecule has 2 heteroatoms. The molecule has 0 rings (SSSR count). The number of halogens is 1. The first-order valence-corrected chi connectivity index (χ1v) is 18.1. The van der Waals surface area contributed by atoms with Crippen LogP contribution in [-0.4, -0.2) is 24.6 Å². The maximum atomic E-state index is 7.52. The summed E-state index contributed by atoms with van der Waals surface area (Å²) in [6, 6.07) is 0. The first-order chi connectivity index (χ1) is 14.5. The van der Waals surface area contributed by atoms with E-state index in [9.17, 15) is 0 Å². The summed E-state index contributed by atoms with van der Waals surface area (Å²) in [5.41, 5.74) is 0. The average molecular weight is 463 g/mol. The molecular weight excluding hydrogens is 403 g/mol. The van der Waals surface area contributed by atoms with Crippen LogP contribution in [0.15, 0.2) is 0 Å². The number of rotatable bonds is 24. The van der Waals surface area contributed by atoms with Gasteiger partial charge in [-0.25, -0.2) is 0 Å². The van der Waals surface area contributed by atoms with E-state index in [1.807, 2.05) is 0 Å². The number of unbranched alkanes of at least 4 members (excludes halogenated alkanes) is 18. The third kappa shape index (κ3) is 16.4. The van der Waals surface area contributed by atoms with Gasteiger partial charge in [-0.3, -0.25) is 0 Å². The van der Waals surface area contributed by atoms with E-state index < -0.39 is 5.96 Å². The van der Waals surface area contributed by atoms with Gasteiger partial charge in [0.25, 0.3) is 0 Å². The molecule has 0 unspecified atom stereocenters.